The van der Waals surface area contributed by atoms with Gasteiger partial charge in [-0.15, -0.1) is 22.7 Å². The third kappa shape index (κ3) is 2.79. The summed E-state index contributed by atoms with van der Waals surface area (Å²) >= 11 is 2.42. The number of furan rings is 1. The molecule has 4 aromatic heterocycles. The quantitative estimate of drug-likeness (QED) is 0.480. The number of anilines is 3. The summed E-state index contributed by atoms with van der Waals surface area (Å²) in [6, 6.07) is 5.44. The summed E-state index contributed by atoms with van der Waals surface area (Å²) in [4.78, 5) is 21.9. The van der Waals surface area contributed by atoms with Gasteiger partial charge in [-0.3, -0.25) is 10.1 Å². The Morgan fingerprint density at radius 2 is 2.19 bits per heavy atom. The van der Waals surface area contributed by atoms with E-state index < -0.39 is 5.91 Å². The fourth-order valence-corrected chi connectivity index (χ4v) is 4.37. The number of thiazole rings is 1. The van der Waals surface area contributed by atoms with Crippen LogP contribution in [0.2, 0.25) is 0 Å². The summed E-state index contributed by atoms with van der Waals surface area (Å²) in [6.45, 7) is 1.84. The second-order valence-corrected chi connectivity index (χ2v) is 7.47. The standard InChI is InChI=1S/C17H12N6O2S2/c1-7-6-26-17(21-7)23-15(24)13-12(19)11-10(9-3-2-4-25-9)8(5-18)14(20)22-16(11)27-13/h2-4,6H,19H2,1H3,(H2,20,22)(H,21,23,24). The Bertz CT molecular complexity index is 1220. The van der Waals surface area contributed by atoms with Crippen molar-refractivity contribution in [2.45, 2.75) is 6.92 Å². The Balaban J connectivity index is 1.90. The van der Waals surface area contributed by atoms with Crippen LogP contribution in [-0.4, -0.2) is 15.9 Å². The number of thiophene rings is 1. The Morgan fingerprint density at radius 1 is 1.37 bits per heavy atom. The molecule has 0 unspecified atom stereocenters. The first-order valence-electron chi connectivity index (χ1n) is 7.68. The van der Waals surface area contributed by atoms with E-state index in [9.17, 15) is 10.1 Å². The van der Waals surface area contributed by atoms with Crippen molar-refractivity contribution in [2.75, 3.05) is 16.8 Å². The van der Waals surface area contributed by atoms with Gasteiger partial charge in [-0.1, -0.05) is 0 Å². The summed E-state index contributed by atoms with van der Waals surface area (Å²) < 4.78 is 5.45. The Hall–Kier alpha value is -3.42. The number of carbonyl (C=O) groups is 1. The minimum atomic E-state index is -0.396. The number of aromatic nitrogens is 2. The molecule has 0 saturated heterocycles. The van der Waals surface area contributed by atoms with E-state index in [1.807, 2.05) is 18.4 Å². The number of nitrogens with two attached hydrogens (primary N) is 2. The number of hydrogen-bond donors (Lipinski definition) is 3. The van der Waals surface area contributed by atoms with Crippen LogP contribution in [0.3, 0.4) is 0 Å². The molecule has 10 heteroatoms. The van der Waals surface area contributed by atoms with Crippen molar-refractivity contribution < 1.29 is 9.21 Å². The molecular formula is C17H12N6O2S2. The van der Waals surface area contributed by atoms with E-state index >= 15 is 0 Å². The van der Waals surface area contributed by atoms with Gasteiger partial charge in [0, 0.05) is 10.8 Å². The second kappa shape index (κ2) is 6.39. The molecule has 0 spiro atoms. The van der Waals surface area contributed by atoms with Gasteiger partial charge in [0.1, 0.15) is 32.9 Å². The highest BCUT2D eigenvalue weighted by molar-refractivity contribution is 7.21. The number of carbonyl (C=O) groups excluding carboxylic acids is 1. The molecule has 0 saturated carbocycles. The molecular weight excluding hydrogens is 384 g/mol. The lowest BCUT2D eigenvalue weighted by molar-refractivity contribution is 0.103. The maximum atomic E-state index is 12.7. The summed E-state index contributed by atoms with van der Waals surface area (Å²) in [7, 11) is 0. The van der Waals surface area contributed by atoms with E-state index in [0.29, 0.717) is 26.7 Å². The van der Waals surface area contributed by atoms with Gasteiger partial charge in [0.05, 0.1) is 23.2 Å². The van der Waals surface area contributed by atoms with Crippen LogP contribution in [0.5, 0.6) is 0 Å². The number of fused-ring (bicyclic) bond motifs is 1. The molecule has 5 N–H and O–H groups in total. The van der Waals surface area contributed by atoms with Gasteiger partial charge in [0.25, 0.3) is 5.91 Å². The molecule has 1 amide bonds. The van der Waals surface area contributed by atoms with Crippen LogP contribution in [0, 0.1) is 18.3 Å². The summed E-state index contributed by atoms with van der Waals surface area (Å²) in [6.07, 6.45) is 1.49. The third-order valence-corrected chi connectivity index (χ3v) is 5.80. The first kappa shape index (κ1) is 17.0. The third-order valence-electron chi connectivity index (χ3n) is 3.83. The van der Waals surface area contributed by atoms with Gasteiger partial charge in [-0.25, -0.2) is 9.97 Å². The molecule has 0 fully saturated rings. The van der Waals surface area contributed by atoms with Crippen LogP contribution in [0.1, 0.15) is 20.9 Å². The highest BCUT2D eigenvalue weighted by Gasteiger charge is 2.25. The summed E-state index contributed by atoms with van der Waals surface area (Å²) in [5.74, 6) is 0.0881. The number of aryl methyl sites for hydroxylation is 1. The van der Waals surface area contributed by atoms with E-state index in [2.05, 4.69) is 15.3 Å². The fourth-order valence-electron chi connectivity index (χ4n) is 2.68. The largest absolute Gasteiger partial charge is 0.464 e. The summed E-state index contributed by atoms with van der Waals surface area (Å²) in [5, 5.41) is 15.0. The average molecular weight is 396 g/mol. The highest BCUT2D eigenvalue weighted by Crippen LogP contribution is 2.42. The highest BCUT2D eigenvalue weighted by atomic mass is 32.1. The van der Waals surface area contributed by atoms with Crippen molar-refractivity contribution in [2.24, 2.45) is 0 Å². The minimum Gasteiger partial charge on any atom is -0.464 e. The Kier molecular flexibility index (Phi) is 4.02. The number of amides is 1. The number of nitrogens with zero attached hydrogens (tertiary/aromatic N) is 3. The molecule has 134 valence electrons. The second-order valence-electron chi connectivity index (χ2n) is 5.61. The molecule has 0 aliphatic rings. The molecule has 0 bridgehead atoms. The molecule has 0 aromatic carbocycles. The lowest BCUT2D eigenvalue weighted by Gasteiger charge is -2.06. The molecule has 4 heterocycles. The molecule has 4 aromatic rings. The molecule has 0 radical (unpaired) electrons. The maximum Gasteiger partial charge on any atom is 0.269 e. The van der Waals surface area contributed by atoms with Gasteiger partial charge in [-0.05, 0) is 19.1 Å². The van der Waals surface area contributed by atoms with E-state index in [-0.39, 0.29) is 21.9 Å². The van der Waals surface area contributed by atoms with Crippen molar-refractivity contribution in [1.29, 1.82) is 5.26 Å². The number of pyridine rings is 1. The van der Waals surface area contributed by atoms with Crippen molar-refractivity contribution in [3.05, 3.63) is 39.9 Å². The van der Waals surface area contributed by atoms with Crippen LogP contribution in [0.15, 0.2) is 28.2 Å². The van der Waals surface area contributed by atoms with Crippen molar-refractivity contribution >= 4 is 55.4 Å². The van der Waals surface area contributed by atoms with Gasteiger partial charge < -0.3 is 15.9 Å². The van der Waals surface area contributed by atoms with Crippen molar-refractivity contribution in [3.8, 4) is 17.4 Å². The number of nitrogen functional groups attached to an aromatic ring is 2. The number of nitriles is 1. The van der Waals surface area contributed by atoms with Gasteiger partial charge in [0.15, 0.2) is 5.13 Å². The molecule has 0 aliphatic heterocycles. The fraction of sp³-hybridized carbons (Fsp3) is 0.0588. The van der Waals surface area contributed by atoms with Crippen LogP contribution in [0.4, 0.5) is 16.6 Å². The first-order chi connectivity index (χ1) is 13.0. The molecule has 27 heavy (non-hydrogen) atoms. The zero-order valence-electron chi connectivity index (χ0n) is 13.9. The topological polar surface area (TPSA) is 144 Å². The average Bonchev–Trinajstić information content (AvgIpc) is 3.35. The molecule has 4 rings (SSSR count). The zero-order chi connectivity index (χ0) is 19.1. The SMILES string of the molecule is Cc1csc(NC(=O)c2sc3nc(N)c(C#N)c(-c4ccco4)c3c2N)n1. The molecule has 0 aliphatic carbocycles. The maximum absolute atomic E-state index is 12.7. The number of hydrogen-bond acceptors (Lipinski definition) is 9. The normalized spacial score (nSPS) is 10.8. The number of nitrogens with one attached hydrogen (secondary N) is 1. The lowest BCUT2D eigenvalue weighted by atomic mass is 10.0. The van der Waals surface area contributed by atoms with Gasteiger partial charge in [-0.2, -0.15) is 5.26 Å². The predicted octanol–water partition coefficient (Wildman–Crippen LogP) is 3.61. The van der Waals surface area contributed by atoms with E-state index in [1.165, 1.54) is 17.6 Å². The van der Waals surface area contributed by atoms with Crippen LogP contribution >= 0.6 is 22.7 Å². The molecule has 0 atom stereocenters. The Labute approximate surface area is 161 Å². The minimum absolute atomic E-state index is 0.0557. The van der Waals surface area contributed by atoms with E-state index in [1.54, 1.807) is 12.1 Å². The number of rotatable bonds is 3. The van der Waals surface area contributed by atoms with E-state index in [0.717, 1.165) is 17.0 Å². The monoisotopic (exact) mass is 396 g/mol. The van der Waals surface area contributed by atoms with Crippen molar-refractivity contribution in [3.63, 3.8) is 0 Å². The molecule has 8 nitrogen and oxygen atoms in total. The van der Waals surface area contributed by atoms with Gasteiger partial charge >= 0.3 is 0 Å². The van der Waals surface area contributed by atoms with Gasteiger partial charge in [0.2, 0.25) is 0 Å². The summed E-state index contributed by atoms with van der Waals surface area (Å²) in [5.41, 5.74) is 13.8. The van der Waals surface area contributed by atoms with Crippen LogP contribution in [-0.2, 0) is 0 Å². The predicted molar refractivity (Wildman–Crippen MR) is 106 cm³/mol. The zero-order valence-corrected chi connectivity index (χ0v) is 15.6. The Morgan fingerprint density at radius 3 is 2.81 bits per heavy atom. The smallest absolute Gasteiger partial charge is 0.269 e. The lowest BCUT2D eigenvalue weighted by Crippen LogP contribution is -2.11. The van der Waals surface area contributed by atoms with Crippen molar-refractivity contribution in [1.82, 2.24) is 9.97 Å². The van der Waals surface area contributed by atoms with Crippen LogP contribution < -0.4 is 16.8 Å². The van der Waals surface area contributed by atoms with E-state index in [4.69, 9.17) is 15.9 Å². The van der Waals surface area contributed by atoms with Crippen LogP contribution in [0.25, 0.3) is 21.5 Å². The first-order valence-corrected chi connectivity index (χ1v) is 9.38.